The molecule has 0 spiro atoms. The van der Waals surface area contributed by atoms with Crippen LogP contribution in [0.2, 0.25) is 0 Å². The summed E-state index contributed by atoms with van der Waals surface area (Å²) in [5.74, 6) is -1.12. The molecule has 3 N–H and O–H groups in total. The van der Waals surface area contributed by atoms with E-state index >= 15 is 0 Å². The molecule has 4 heteroatoms. The molecule has 3 nitrogen and oxygen atoms in total. The van der Waals surface area contributed by atoms with Gasteiger partial charge in [-0.05, 0) is 5.56 Å². The summed E-state index contributed by atoms with van der Waals surface area (Å²) in [5.41, 5.74) is 5.83. The minimum absolute atomic E-state index is 0.131. The summed E-state index contributed by atoms with van der Waals surface area (Å²) in [6, 6.07) is 8.54. The first kappa shape index (κ1) is 10.0. The lowest BCUT2D eigenvalue weighted by Crippen LogP contribution is -2.37. The maximum absolute atomic E-state index is 10.8. The molecule has 0 aliphatic carbocycles. The van der Waals surface area contributed by atoms with Gasteiger partial charge >= 0.3 is 5.97 Å². The minimum atomic E-state index is -1.50. The van der Waals surface area contributed by atoms with Crippen LogP contribution in [0.4, 0.5) is 0 Å². The lowest BCUT2D eigenvalue weighted by Gasteiger charge is -2.20. The number of alkyl halides is 1. The van der Waals surface area contributed by atoms with Crippen molar-refractivity contribution in [3.05, 3.63) is 35.9 Å². The minimum Gasteiger partial charge on any atom is -0.480 e. The van der Waals surface area contributed by atoms with Gasteiger partial charge in [0.05, 0.1) is 0 Å². The van der Waals surface area contributed by atoms with Crippen molar-refractivity contribution in [2.75, 3.05) is 6.54 Å². The number of aliphatic carboxylic acids is 1. The summed E-state index contributed by atoms with van der Waals surface area (Å²) < 4.78 is 0. The van der Waals surface area contributed by atoms with E-state index in [1.54, 1.807) is 30.3 Å². The van der Waals surface area contributed by atoms with Crippen LogP contribution in [-0.2, 0) is 9.67 Å². The Morgan fingerprint density at radius 1 is 1.46 bits per heavy atom. The van der Waals surface area contributed by atoms with Gasteiger partial charge in [0.1, 0.15) is 0 Å². The molecule has 13 heavy (non-hydrogen) atoms. The van der Waals surface area contributed by atoms with Gasteiger partial charge in [0.2, 0.25) is 0 Å². The van der Waals surface area contributed by atoms with E-state index in [4.69, 9.17) is 22.4 Å². The molecule has 1 unspecified atom stereocenters. The van der Waals surface area contributed by atoms with Gasteiger partial charge in [0.25, 0.3) is 0 Å². The fraction of sp³-hybridized carbons (Fsp3) is 0.222. The van der Waals surface area contributed by atoms with Gasteiger partial charge in [-0.15, -0.1) is 0 Å². The molecule has 0 aromatic heterocycles. The van der Waals surface area contributed by atoms with E-state index in [1.807, 2.05) is 0 Å². The second-order valence-electron chi connectivity index (χ2n) is 2.68. The van der Waals surface area contributed by atoms with Crippen LogP contribution in [0.1, 0.15) is 5.56 Å². The molecule has 1 atom stereocenters. The first-order valence-corrected chi connectivity index (χ1v) is 4.17. The van der Waals surface area contributed by atoms with Crippen LogP contribution in [0.15, 0.2) is 30.3 Å². The molecular formula is C9H10ClNO2. The SMILES string of the molecule is NCC(Cl)(C(=O)O)c1ccccc1. The Labute approximate surface area is 81.1 Å². The highest BCUT2D eigenvalue weighted by Crippen LogP contribution is 2.27. The Morgan fingerprint density at radius 3 is 2.38 bits per heavy atom. The maximum atomic E-state index is 10.8. The normalized spacial score (nSPS) is 14.9. The quantitative estimate of drug-likeness (QED) is 0.719. The summed E-state index contributed by atoms with van der Waals surface area (Å²) in [6.45, 7) is -0.131. The maximum Gasteiger partial charge on any atom is 0.330 e. The van der Waals surface area contributed by atoms with Crippen molar-refractivity contribution in [3.63, 3.8) is 0 Å². The molecule has 1 aromatic carbocycles. The molecule has 0 aliphatic heterocycles. The monoisotopic (exact) mass is 199 g/mol. The van der Waals surface area contributed by atoms with E-state index in [0.29, 0.717) is 5.56 Å². The number of hydrogen-bond donors (Lipinski definition) is 2. The second kappa shape index (κ2) is 3.77. The average Bonchev–Trinajstić information content (AvgIpc) is 2.17. The van der Waals surface area contributed by atoms with Gasteiger partial charge in [-0.25, -0.2) is 4.79 Å². The average molecular weight is 200 g/mol. The molecule has 0 bridgehead atoms. The van der Waals surface area contributed by atoms with E-state index in [0.717, 1.165) is 0 Å². The molecule has 1 aromatic rings. The van der Waals surface area contributed by atoms with Crippen molar-refractivity contribution in [1.82, 2.24) is 0 Å². The zero-order chi connectivity index (χ0) is 9.90. The second-order valence-corrected chi connectivity index (χ2v) is 3.32. The molecular weight excluding hydrogens is 190 g/mol. The molecule has 0 heterocycles. The van der Waals surface area contributed by atoms with E-state index in [9.17, 15) is 4.79 Å². The third kappa shape index (κ3) is 1.82. The summed E-state index contributed by atoms with van der Waals surface area (Å²) in [4.78, 5) is 9.34. The van der Waals surface area contributed by atoms with Gasteiger partial charge in [-0.1, -0.05) is 41.9 Å². The number of carboxylic acids is 1. The zero-order valence-electron chi connectivity index (χ0n) is 6.90. The van der Waals surface area contributed by atoms with Crippen LogP contribution in [0.25, 0.3) is 0 Å². The Hall–Kier alpha value is -1.06. The van der Waals surface area contributed by atoms with E-state index in [1.165, 1.54) is 0 Å². The van der Waals surface area contributed by atoms with E-state index < -0.39 is 10.8 Å². The number of halogens is 1. The van der Waals surface area contributed by atoms with Crippen molar-refractivity contribution < 1.29 is 9.90 Å². The van der Waals surface area contributed by atoms with Gasteiger partial charge < -0.3 is 10.8 Å². The van der Waals surface area contributed by atoms with Crippen molar-refractivity contribution in [2.24, 2.45) is 5.73 Å². The summed E-state index contributed by atoms with van der Waals surface area (Å²) in [7, 11) is 0. The van der Waals surface area contributed by atoms with Crippen molar-refractivity contribution >= 4 is 17.6 Å². The van der Waals surface area contributed by atoms with E-state index in [2.05, 4.69) is 0 Å². The Kier molecular flexibility index (Phi) is 2.90. The molecule has 0 amide bonds. The highest BCUT2D eigenvalue weighted by Gasteiger charge is 2.36. The van der Waals surface area contributed by atoms with Gasteiger partial charge in [-0.2, -0.15) is 0 Å². The fourth-order valence-electron chi connectivity index (χ4n) is 1.03. The summed E-state index contributed by atoms with van der Waals surface area (Å²) in [5, 5.41) is 8.87. The fourth-order valence-corrected chi connectivity index (χ4v) is 1.16. The Bertz CT molecular complexity index is 302. The van der Waals surface area contributed by atoms with Crippen LogP contribution < -0.4 is 5.73 Å². The number of carboxylic acid groups (broad SMARTS) is 1. The van der Waals surface area contributed by atoms with Crippen molar-refractivity contribution in [1.29, 1.82) is 0 Å². The van der Waals surface area contributed by atoms with Gasteiger partial charge in [0, 0.05) is 6.54 Å². The van der Waals surface area contributed by atoms with E-state index in [-0.39, 0.29) is 6.54 Å². The molecule has 0 saturated carbocycles. The topological polar surface area (TPSA) is 63.3 Å². The lowest BCUT2D eigenvalue weighted by atomic mass is 9.99. The molecule has 70 valence electrons. The number of nitrogens with two attached hydrogens (primary N) is 1. The highest BCUT2D eigenvalue weighted by molar-refractivity contribution is 6.33. The van der Waals surface area contributed by atoms with Crippen molar-refractivity contribution in [3.8, 4) is 0 Å². The molecule has 0 fully saturated rings. The van der Waals surface area contributed by atoms with Crippen LogP contribution in [-0.4, -0.2) is 17.6 Å². The van der Waals surface area contributed by atoms with Crippen LogP contribution in [0, 0.1) is 0 Å². The lowest BCUT2D eigenvalue weighted by molar-refractivity contribution is -0.140. The third-order valence-corrected chi connectivity index (χ3v) is 2.39. The first-order valence-electron chi connectivity index (χ1n) is 3.79. The largest absolute Gasteiger partial charge is 0.480 e. The van der Waals surface area contributed by atoms with Crippen molar-refractivity contribution in [2.45, 2.75) is 4.87 Å². The molecule has 0 saturated heterocycles. The number of rotatable bonds is 3. The highest BCUT2D eigenvalue weighted by atomic mass is 35.5. The Balaban J connectivity index is 3.11. The number of benzene rings is 1. The number of hydrogen-bond acceptors (Lipinski definition) is 2. The standard InChI is InChI=1S/C9H10ClNO2/c10-9(6-11,8(12)13)7-4-2-1-3-5-7/h1-5H,6,11H2,(H,12,13). The zero-order valence-corrected chi connectivity index (χ0v) is 7.66. The van der Waals surface area contributed by atoms with Crippen LogP contribution >= 0.6 is 11.6 Å². The third-order valence-electron chi connectivity index (χ3n) is 1.85. The first-order chi connectivity index (χ1) is 6.11. The Morgan fingerprint density at radius 2 is 2.00 bits per heavy atom. The van der Waals surface area contributed by atoms with Crippen LogP contribution in [0.5, 0.6) is 0 Å². The predicted molar refractivity (Wildman–Crippen MR) is 50.7 cm³/mol. The number of carbonyl (C=O) groups is 1. The molecule has 0 aliphatic rings. The smallest absolute Gasteiger partial charge is 0.330 e. The predicted octanol–water partition coefficient (Wildman–Crippen LogP) is 1.16. The molecule has 0 radical (unpaired) electrons. The molecule has 1 rings (SSSR count). The summed E-state index contributed by atoms with van der Waals surface area (Å²) >= 11 is 5.86. The van der Waals surface area contributed by atoms with Gasteiger partial charge in [0.15, 0.2) is 4.87 Å². The summed E-state index contributed by atoms with van der Waals surface area (Å²) in [6.07, 6.45) is 0. The van der Waals surface area contributed by atoms with Crippen LogP contribution in [0.3, 0.4) is 0 Å². The van der Waals surface area contributed by atoms with Gasteiger partial charge in [-0.3, -0.25) is 0 Å².